The number of urea groups is 1. The molecule has 0 aromatic heterocycles. The molecule has 1 aromatic carbocycles. The molecule has 0 atom stereocenters. The van der Waals surface area contributed by atoms with E-state index in [-0.39, 0.29) is 6.03 Å². The highest BCUT2D eigenvalue weighted by molar-refractivity contribution is 5.90. The number of carboxylic acids is 1. The predicted octanol–water partition coefficient (Wildman–Crippen LogP) is 0.881. The molecule has 0 aliphatic carbocycles. The van der Waals surface area contributed by atoms with E-state index in [2.05, 4.69) is 16.0 Å². The van der Waals surface area contributed by atoms with Crippen LogP contribution < -0.4 is 20.7 Å². The number of anilines is 1. The van der Waals surface area contributed by atoms with Crippen LogP contribution in [0.2, 0.25) is 0 Å². The van der Waals surface area contributed by atoms with Crippen molar-refractivity contribution in [1.29, 1.82) is 0 Å². The van der Waals surface area contributed by atoms with Gasteiger partial charge in [0.05, 0.1) is 5.69 Å². The van der Waals surface area contributed by atoms with E-state index >= 15 is 0 Å². The summed E-state index contributed by atoms with van der Waals surface area (Å²) in [6, 6.07) is 6.31. The number of rotatable bonds is 8. The van der Waals surface area contributed by atoms with Gasteiger partial charge in [0.2, 0.25) is 0 Å². The zero-order valence-corrected chi connectivity index (χ0v) is 11.3. The minimum Gasteiger partial charge on any atom is -0.480 e. The summed E-state index contributed by atoms with van der Waals surface area (Å²) in [4.78, 5) is 22.1. The van der Waals surface area contributed by atoms with Crippen molar-refractivity contribution >= 4 is 17.7 Å². The number of hydrogen-bond acceptors (Lipinski definition) is 4. The maximum Gasteiger partial charge on any atom is 0.341 e. The van der Waals surface area contributed by atoms with E-state index in [1.807, 2.05) is 7.05 Å². The first-order valence-corrected chi connectivity index (χ1v) is 6.26. The van der Waals surface area contributed by atoms with E-state index in [9.17, 15) is 9.59 Å². The van der Waals surface area contributed by atoms with Crippen molar-refractivity contribution in [3.63, 3.8) is 0 Å². The van der Waals surface area contributed by atoms with E-state index < -0.39 is 12.6 Å². The van der Waals surface area contributed by atoms with Crippen LogP contribution >= 0.6 is 0 Å². The van der Waals surface area contributed by atoms with E-state index in [1.165, 1.54) is 0 Å². The lowest BCUT2D eigenvalue weighted by molar-refractivity contribution is -0.139. The topological polar surface area (TPSA) is 99.7 Å². The van der Waals surface area contributed by atoms with Crippen LogP contribution in [0.15, 0.2) is 24.3 Å². The fraction of sp³-hybridized carbons (Fsp3) is 0.385. The zero-order valence-electron chi connectivity index (χ0n) is 11.3. The number of carbonyl (C=O) groups is 2. The van der Waals surface area contributed by atoms with Crippen LogP contribution in [0.1, 0.15) is 6.42 Å². The van der Waals surface area contributed by atoms with Gasteiger partial charge in [-0.15, -0.1) is 0 Å². The molecule has 0 aliphatic heterocycles. The predicted molar refractivity (Wildman–Crippen MR) is 75.1 cm³/mol. The average Bonchev–Trinajstić information content (AvgIpc) is 2.42. The summed E-state index contributed by atoms with van der Waals surface area (Å²) >= 11 is 0. The van der Waals surface area contributed by atoms with Crippen LogP contribution in [0.3, 0.4) is 0 Å². The number of amides is 2. The minimum absolute atomic E-state index is 0.320. The van der Waals surface area contributed by atoms with Gasteiger partial charge in [-0.25, -0.2) is 9.59 Å². The second-order valence-electron chi connectivity index (χ2n) is 4.02. The van der Waals surface area contributed by atoms with Gasteiger partial charge in [0, 0.05) is 6.54 Å². The first-order valence-electron chi connectivity index (χ1n) is 6.26. The molecule has 0 fully saturated rings. The van der Waals surface area contributed by atoms with Gasteiger partial charge in [-0.2, -0.15) is 0 Å². The van der Waals surface area contributed by atoms with Gasteiger partial charge < -0.3 is 25.8 Å². The summed E-state index contributed by atoms with van der Waals surface area (Å²) in [5, 5.41) is 16.9. The lowest BCUT2D eigenvalue weighted by Crippen LogP contribution is -2.31. The van der Waals surface area contributed by atoms with Crippen LogP contribution in [-0.2, 0) is 4.79 Å². The third kappa shape index (κ3) is 6.05. The molecule has 0 spiro atoms. The number of carboxylic acid groups (broad SMARTS) is 1. The van der Waals surface area contributed by atoms with Crippen LogP contribution in [-0.4, -0.2) is 43.9 Å². The Kier molecular flexibility index (Phi) is 6.91. The Morgan fingerprint density at radius 2 is 2.00 bits per heavy atom. The van der Waals surface area contributed by atoms with Crippen LogP contribution in [0.25, 0.3) is 0 Å². The van der Waals surface area contributed by atoms with Gasteiger partial charge in [0.25, 0.3) is 0 Å². The number of nitrogens with one attached hydrogen (secondary N) is 3. The fourth-order valence-corrected chi connectivity index (χ4v) is 1.47. The standard InChI is InChI=1S/C13H19N3O4/c1-14-7-4-8-15-13(19)16-10-5-2-3-6-11(10)20-9-12(17)18/h2-3,5-6,14H,4,7-9H2,1H3,(H,17,18)(H2,15,16,19). The van der Waals surface area contributed by atoms with Gasteiger partial charge in [0.1, 0.15) is 5.75 Å². The van der Waals surface area contributed by atoms with Crippen molar-refractivity contribution < 1.29 is 19.4 Å². The largest absolute Gasteiger partial charge is 0.480 e. The molecule has 0 bridgehead atoms. The lowest BCUT2D eigenvalue weighted by atomic mass is 10.3. The maximum atomic E-state index is 11.7. The molecule has 4 N–H and O–H groups in total. The van der Waals surface area contributed by atoms with Gasteiger partial charge in [-0.3, -0.25) is 0 Å². The molecule has 20 heavy (non-hydrogen) atoms. The zero-order chi connectivity index (χ0) is 14.8. The highest BCUT2D eigenvalue weighted by Gasteiger charge is 2.08. The van der Waals surface area contributed by atoms with E-state index in [1.54, 1.807) is 24.3 Å². The van der Waals surface area contributed by atoms with Gasteiger partial charge in [-0.1, -0.05) is 12.1 Å². The van der Waals surface area contributed by atoms with Crippen molar-refractivity contribution in [2.24, 2.45) is 0 Å². The van der Waals surface area contributed by atoms with E-state index in [0.717, 1.165) is 13.0 Å². The second-order valence-corrected chi connectivity index (χ2v) is 4.02. The van der Waals surface area contributed by atoms with Crippen molar-refractivity contribution in [2.75, 3.05) is 32.1 Å². The summed E-state index contributed by atoms with van der Waals surface area (Å²) in [5.41, 5.74) is 0.430. The smallest absolute Gasteiger partial charge is 0.341 e. The van der Waals surface area contributed by atoms with Crippen LogP contribution in [0, 0.1) is 0 Å². The second kappa shape index (κ2) is 8.76. The Bertz CT molecular complexity index is 451. The molecule has 110 valence electrons. The Morgan fingerprint density at radius 1 is 1.25 bits per heavy atom. The molecule has 0 unspecified atom stereocenters. The van der Waals surface area contributed by atoms with Gasteiger partial charge in [0.15, 0.2) is 6.61 Å². The van der Waals surface area contributed by atoms with Gasteiger partial charge >= 0.3 is 12.0 Å². The minimum atomic E-state index is -1.07. The van der Waals surface area contributed by atoms with Crippen molar-refractivity contribution in [1.82, 2.24) is 10.6 Å². The van der Waals surface area contributed by atoms with Crippen LogP contribution in [0.5, 0.6) is 5.75 Å². The van der Waals surface area contributed by atoms with Crippen molar-refractivity contribution in [3.8, 4) is 5.75 Å². The summed E-state index contributed by atoms with van der Waals surface area (Å²) in [6.45, 7) is 0.909. The number of carbonyl (C=O) groups excluding carboxylic acids is 1. The van der Waals surface area contributed by atoms with Crippen molar-refractivity contribution in [3.05, 3.63) is 24.3 Å². The molecule has 2 amide bonds. The first-order chi connectivity index (χ1) is 9.63. The first kappa shape index (κ1) is 15.8. The number of benzene rings is 1. The Labute approximate surface area is 117 Å². The SMILES string of the molecule is CNCCCNC(=O)Nc1ccccc1OCC(=O)O. The highest BCUT2D eigenvalue weighted by Crippen LogP contribution is 2.23. The molecular formula is C13H19N3O4. The number of ether oxygens (including phenoxy) is 1. The Balaban J connectivity index is 2.49. The molecule has 1 aromatic rings. The third-order valence-corrected chi connectivity index (χ3v) is 2.38. The molecule has 0 saturated carbocycles. The monoisotopic (exact) mass is 281 g/mol. The average molecular weight is 281 g/mol. The molecule has 0 saturated heterocycles. The van der Waals surface area contributed by atoms with Crippen molar-refractivity contribution in [2.45, 2.75) is 6.42 Å². The Morgan fingerprint density at radius 3 is 2.70 bits per heavy atom. The Hall–Kier alpha value is -2.28. The number of hydrogen-bond donors (Lipinski definition) is 4. The molecule has 7 heteroatoms. The molecular weight excluding hydrogens is 262 g/mol. The quantitative estimate of drug-likeness (QED) is 0.530. The van der Waals surface area contributed by atoms with Crippen LogP contribution in [0.4, 0.5) is 10.5 Å². The van der Waals surface area contributed by atoms with E-state index in [4.69, 9.17) is 9.84 Å². The summed E-state index contributed by atoms with van der Waals surface area (Å²) in [5.74, 6) is -0.753. The lowest BCUT2D eigenvalue weighted by Gasteiger charge is -2.12. The molecule has 0 radical (unpaired) electrons. The fourth-order valence-electron chi connectivity index (χ4n) is 1.47. The normalized spacial score (nSPS) is 9.85. The highest BCUT2D eigenvalue weighted by atomic mass is 16.5. The maximum absolute atomic E-state index is 11.7. The number of aliphatic carboxylic acids is 1. The molecule has 0 heterocycles. The molecule has 0 aliphatic rings. The third-order valence-electron chi connectivity index (χ3n) is 2.38. The molecule has 7 nitrogen and oxygen atoms in total. The summed E-state index contributed by atoms with van der Waals surface area (Å²) in [7, 11) is 1.84. The molecule has 1 rings (SSSR count). The van der Waals surface area contributed by atoms with E-state index in [0.29, 0.717) is 18.0 Å². The number of para-hydroxylation sites is 2. The summed E-state index contributed by atoms with van der Waals surface area (Å²) in [6.07, 6.45) is 0.821. The van der Waals surface area contributed by atoms with Gasteiger partial charge in [-0.05, 0) is 32.1 Å². The summed E-state index contributed by atoms with van der Waals surface area (Å²) < 4.78 is 5.09.